The molecule has 2 fully saturated rings. The van der Waals surface area contributed by atoms with Crippen LogP contribution in [-0.4, -0.2) is 65.3 Å². The van der Waals surface area contributed by atoms with E-state index < -0.39 is 6.10 Å². The molecule has 0 radical (unpaired) electrons. The Morgan fingerprint density at radius 1 is 1.41 bits per heavy atom. The molecule has 0 saturated carbocycles. The van der Waals surface area contributed by atoms with Gasteiger partial charge in [0.15, 0.2) is 5.82 Å². The van der Waals surface area contributed by atoms with E-state index >= 15 is 0 Å². The second-order valence-corrected chi connectivity index (χ2v) is 6.15. The van der Waals surface area contributed by atoms with Crippen molar-refractivity contribution >= 4 is 0 Å². The van der Waals surface area contributed by atoms with Gasteiger partial charge in [-0.25, -0.2) is 0 Å². The third kappa shape index (κ3) is 4.04. The summed E-state index contributed by atoms with van der Waals surface area (Å²) in [5.41, 5.74) is 0. The maximum Gasteiger partial charge on any atom is 0.223 e. The van der Waals surface area contributed by atoms with E-state index in [1.807, 2.05) is 0 Å². The van der Waals surface area contributed by atoms with Crippen LogP contribution in [0, 0.1) is 6.92 Å². The molecule has 22 heavy (non-hydrogen) atoms. The van der Waals surface area contributed by atoms with Crippen LogP contribution in [0.15, 0.2) is 4.52 Å². The summed E-state index contributed by atoms with van der Waals surface area (Å²) in [6.07, 6.45) is 3.95. The molecule has 3 heterocycles. The van der Waals surface area contributed by atoms with Gasteiger partial charge < -0.3 is 19.1 Å². The van der Waals surface area contributed by atoms with Gasteiger partial charge in [-0.05, 0) is 32.2 Å². The summed E-state index contributed by atoms with van der Waals surface area (Å²) in [5.74, 6) is 1.31. The first-order valence-electron chi connectivity index (χ1n) is 8.14. The van der Waals surface area contributed by atoms with Crippen molar-refractivity contribution in [3.63, 3.8) is 0 Å². The van der Waals surface area contributed by atoms with Crippen molar-refractivity contribution < 1.29 is 19.1 Å². The van der Waals surface area contributed by atoms with Crippen molar-refractivity contribution in [1.29, 1.82) is 0 Å². The summed E-state index contributed by atoms with van der Waals surface area (Å²) in [4.78, 5) is 6.53. The third-order valence-electron chi connectivity index (χ3n) is 4.29. The molecular weight excluding hydrogens is 286 g/mol. The fourth-order valence-electron chi connectivity index (χ4n) is 3.22. The lowest BCUT2D eigenvalue weighted by Gasteiger charge is -2.24. The van der Waals surface area contributed by atoms with Crippen molar-refractivity contribution in [2.24, 2.45) is 0 Å². The highest BCUT2D eigenvalue weighted by Gasteiger charge is 2.31. The molecule has 7 heteroatoms. The molecule has 2 aliphatic rings. The van der Waals surface area contributed by atoms with E-state index in [1.165, 1.54) is 0 Å². The van der Waals surface area contributed by atoms with Crippen LogP contribution in [0.3, 0.4) is 0 Å². The summed E-state index contributed by atoms with van der Waals surface area (Å²) in [7, 11) is 0. The number of β-amino-alcohol motifs (C(OH)–C–C–N with tert-alkyl or cyclic N) is 1. The highest BCUT2D eigenvalue weighted by molar-refractivity contribution is 4.97. The standard InChI is InChI=1S/C15H25N3O4/c1-11-16-15(17-22-11)14-5-2-6-18(14)8-12(19)9-20-10-13-4-3-7-21-13/h12-14,19H,2-10H2,1H3/t12-,13-,14+/m1/s1. The number of aliphatic hydroxyl groups is 1. The first-order chi connectivity index (χ1) is 10.7. The smallest absolute Gasteiger partial charge is 0.223 e. The first-order valence-corrected chi connectivity index (χ1v) is 8.14. The number of nitrogens with zero attached hydrogens (tertiary/aromatic N) is 3. The number of aryl methyl sites for hydroxylation is 1. The molecular formula is C15H25N3O4. The van der Waals surface area contributed by atoms with Crippen molar-refractivity contribution in [2.75, 3.05) is 32.9 Å². The second-order valence-electron chi connectivity index (χ2n) is 6.15. The van der Waals surface area contributed by atoms with Gasteiger partial charge in [0.1, 0.15) is 0 Å². The van der Waals surface area contributed by atoms with Crippen molar-refractivity contribution in [3.05, 3.63) is 11.7 Å². The molecule has 0 amide bonds. The van der Waals surface area contributed by atoms with Crippen LogP contribution in [0.5, 0.6) is 0 Å². The molecule has 1 aromatic heterocycles. The number of hydrogen-bond donors (Lipinski definition) is 1. The largest absolute Gasteiger partial charge is 0.389 e. The number of rotatable bonds is 7. The molecule has 2 aliphatic heterocycles. The van der Waals surface area contributed by atoms with Gasteiger partial charge in [0.2, 0.25) is 5.89 Å². The maximum absolute atomic E-state index is 10.2. The molecule has 7 nitrogen and oxygen atoms in total. The van der Waals surface area contributed by atoms with E-state index in [4.69, 9.17) is 14.0 Å². The highest BCUT2D eigenvalue weighted by Crippen LogP contribution is 2.30. The van der Waals surface area contributed by atoms with Crippen LogP contribution >= 0.6 is 0 Å². The predicted molar refractivity (Wildman–Crippen MR) is 78.4 cm³/mol. The molecule has 1 N–H and O–H groups in total. The van der Waals surface area contributed by atoms with E-state index in [2.05, 4.69) is 15.0 Å². The minimum atomic E-state index is -0.505. The Kier molecular flexibility index (Phi) is 5.41. The van der Waals surface area contributed by atoms with Gasteiger partial charge in [-0.15, -0.1) is 0 Å². The minimum Gasteiger partial charge on any atom is -0.389 e. The topological polar surface area (TPSA) is 80.9 Å². The van der Waals surface area contributed by atoms with E-state index in [-0.39, 0.29) is 12.1 Å². The van der Waals surface area contributed by atoms with E-state index in [9.17, 15) is 5.11 Å². The normalized spacial score (nSPS) is 27.5. The number of aliphatic hydroxyl groups excluding tert-OH is 1. The lowest BCUT2D eigenvalue weighted by Crippen LogP contribution is -2.35. The number of likely N-dealkylation sites (tertiary alicyclic amines) is 1. The lowest BCUT2D eigenvalue weighted by molar-refractivity contribution is -0.0264. The van der Waals surface area contributed by atoms with Crippen LogP contribution in [0.2, 0.25) is 0 Å². The third-order valence-corrected chi connectivity index (χ3v) is 4.29. The molecule has 0 spiro atoms. The number of aromatic nitrogens is 2. The zero-order valence-electron chi connectivity index (χ0n) is 13.1. The Morgan fingerprint density at radius 2 is 2.32 bits per heavy atom. The van der Waals surface area contributed by atoms with Crippen LogP contribution in [-0.2, 0) is 9.47 Å². The highest BCUT2D eigenvalue weighted by atomic mass is 16.5. The lowest BCUT2D eigenvalue weighted by atomic mass is 10.2. The summed E-state index contributed by atoms with van der Waals surface area (Å²) >= 11 is 0. The van der Waals surface area contributed by atoms with Gasteiger partial charge in [0, 0.05) is 20.1 Å². The Labute approximate surface area is 130 Å². The molecule has 0 bridgehead atoms. The summed E-state index contributed by atoms with van der Waals surface area (Å²) in [5, 5.41) is 14.2. The van der Waals surface area contributed by atoms with Gasteiger partial charge >= 0.3 is 0 Å². The van der Waals surface area contributed by atoms with Crippen molar-refractivity contribution in [3.8, 4) is 0 Å². The number of ether oxygens (including phenoxy) is 2. The zero-order chi connectivity index (χ0) is 15.4. The van der Waals surface area contributed by atoms with Gasteiger partial charge in [-0.1, -0.05) is 5.16 Å². The van der Waals surface area contributed by atoms with Crippen LogP contribution in [0.25, 0.3) is 0 Å². The second kappa shape index (κ2) is 7.50. The summed E-state index contributed by atoms with van der Waals surface area (Å²) in [6.45, 7) is 5.06. The molecule has 0 unspecified atom stereocenters. The Balaban J connectivity index is 1.42. The molecule has 0 aromatic carbocycles. The minimum absolute atomic E-state index is 0.144. The molecule has 2 saturated heterocycles. The maximum atomic E-state index is 10.2. The van der Waals surface area contributed by atoms with Crippen LogP contribution in [0.4, 0.5) is 0 Å². The SMILES string of the molecule is Cc1nc([C@@H]2CCCN2C[C@@H](O)COC[C@H]2CCCO2)no1. The predicted octanol–water partition coefficient (Wildman–Crippen LogP) is 1.07. The van der Waals surface area contributed by atoms with E-state index in [0.717, 1.165) is 44.7 Å². The van der Waals surface area contributed by atoms with E-state index in [0.29, 0.717) is 25.6 Å². The zero-order valence-corrected chi connectivity index (χ0v) is 13.1. The Hall–Kier alpha value is -1.02. The Bertz CT molecular complexity index is 461. The fourth-order valence-corrected chi connectivity index (χ4v) is 3.22. The summed E-state index contributed by atoms with van der Waals surface area (Å²) < 4.78 is 16.1. The summed E-state index contributed by atoms with van der Waals surface area (Å²) in [6, 6.07) is 0.144. The average Bonchev–Trinajstić information content (AvgIpc) is 3.20. The molecule has 0 aliphatic carbocycles. The Morgan fingerprint density at radius 3 is 3.05 bits per heavy atom. The van der Waals surface area contributed by atoms with Gasteiger partial charge in [0.05, 0.1) is 31.5 Å². The molecule has 1 aromatic rings. The van der Waals surface area contributed by atoms with Gasteiger partial charge in [-0.2, -0.15) is 4.98 Å². The molecule has 124 valence electrons. The molecule has 3 atom stereocenters. The fraction of sp³-hybridized carbons (Fsp3) is 0.867. The molecule has 3 rings (SSSR count). The van der Waals surface area contributed by atoms with Crippen LogP contribution in [0.1, 0.15) is 43.4 Å². The number of hydrogen-bond acceptors (Lipinski definition) is 7. The quantitative estimate of drug-likeness (QED) is 0.806. The first kappa shape index (κ1) is 15.9. The monoisotopic (exact) mass is 311 g/mol. The van der Waals surface area contributed by atoms with Gasteiger partial charge in [0.25, 0.3) is 0 Å². The van der Waals surface area contributed by atoms with E-state index in [1.54, 1.807) is 6.92 Å². The van der Waals surface area contributed by atoms with Crippen LogP contribution < -0.4 is 0 Å². The average molecular weight is 311 g/mol. The van der Waals surface area contributed by atoms with Crippen molar-refractivity contribution in [2.45, 2.75) is 50.9 Å². The van der Waals surface area contributed by atoms with Gasteiger partial charge in [-0.3, -0.25) is 4.90 Å². The van der Waals surface area contributed by atoms with Crippen molar-refractivity contribution in [1.82, 2.24) is 15.0 Å².